The zero-order valence-electron chi connectivity index (χ0n) is 25.4. The number of aromatic nitrogens is 1. The van der Waals surface area contributed by atoms with Gasteiger partial charge in [0.05, 0.1) is 5.02 Å². The number of carbonyl (C=O) groups is 1. The molecule has 228 valence electrons. The van der Waals surface area contributed by atoms with Crippen molar-refractivity contribution in [3.63, 3.8) is 0 Å². The molecule has 2 saturated heterocycles. The van der Waals surface area contributed by atoms with Crippen LogP contribution in [-0.4, -0.2) is 72.0 Å². The summed E-state index contributed by atoms with van der Waals surface area (Å²) in [4.78, 5) is 34.8. The Morgan fingerprint density at radius 3 is 2.52 bits per heavy atom. The van der Waals surface area contributed by atoms with Crippen LogP contribution in [0.15, 0.2) is 21.8 Å². The molecule has 6 rings (SSSR count). The maximum absolute atomic E-state index is 13.3. The molecule has 3 fully saturated rings. The standard InChI is InChI=1S/C32H43ClN4O4S/c1-19-14-26(42-5)24(30(39)35-19)16-34-29(38)23-15-25(33)28-27(20(23)2)40-31(3,41-28)21-6-8-22(9-7-21)37-13-11-32(18-37)10-12-36(4)17-32/h14-15,21-22H,6-13,16-18H2,1-5H3,(H,34,38)(H,35,39). The van der Waals surface area contributed by atoms with Crippen molar-refractivity contribution in [1.29, 1.82) is 0 Å². The van der Waals surface area contributed by atoms with Crippen LogP contribution in [-0.2, 0) is 6.54 Å². The predicted molar refractivity (Wildman–Crippen MR) is 167 cm³/mol. The molecule has 8 nitrogen and oxygen atoms in total. The van der Waals surface area contributed by atoms with Crippen molar-refractivity contribution in [2.45, 2.75) is 82.6 Å². The predicted octanol–water partition coefficient (Wildman–Crippen LogP) is 5.37. The molecule has 2 N–H and O–H groups in total. The lowest BCUT2D eigenvalue weighted by Crippen LogP contribution is -2.47. The van der Waals surface area contributed by atoms with Gasteiger partial charge < -0.3 is 24.7 Å². The summed E-state index contributed by atoms with van der Waals surface area (Å²) in [6.07, 6.45) is 8.93. The number of carbonyl (C=O) groups excluding carboxylic acids is 1. The summed E-state index contributed by atoms with van der Waals surface area (Å²) < 4.78 is 13.0. The maximum Gasteiger partial charge on any atom is 0.254 e. The van der Waals surface area contributed by atoms with E-state index >= 15 is 0 Å². The molecule has 1 spiro atoms. The average molecular weight is 615 g/mol. The summed E-state index contributed by atoms with van der Waals surface area (Å²) in [6, 6.07) is 4.20. The van der Waals surface area contributed by atoms with Gasteiger partial charge in [0.25, 0.3) is 17.3 Å². The number of halogens is 1. The number of nitrogens with one attached hydrogen (secondary N) is 2. The second-order valence-electron chi connectivity index (χ2n) is 13.1. The third-order valence-corrected chi connectivity index (χ3v) is 11.3. The van der Waals surface area contributed by atoms with Crippen molar-refractivity contribution >= 4 is 29.3 Å². The Kier molecular flexibility index (Phi) is 8.09. The van der Waals surface area contributed by atoms with Crippen LogP contribution < -0.4 is 20.3 Å². The Morgan fingerprint density at radius 1 is 1.12 bits per heavy atom. The number of thioether (sulfide) groups is 1. The highest BCUT2D eigenvalue weighted by Gasteiger charge is 2.49. The van der Waals surface area contributed by atoms with Crippen LogP contribution in [0.25, 0.3) is 0 Å². The van der Waals surface area contributed by atoms with Gasteiger partial charge >= 0.3 is 0 Å². The van der Waals surface area contributed by atoms with E-state index in [1.807, 2.05) is 33.1 Å². The van der Waals surface area contributed by atoms with Gasteiger partial charge in [-0.05, 0) is 96.3 Å². The van der Waals surface area contributed by atoms with Gasteiger partial charge in [0.15, 0.2) is 11.5 Å². The molecule has 1 aliphatic carbocycles. The Balaban J connectivity index is 1.11. The van der Waals surface area contributed by atoms with Crippen molar-refractivity contribution < 1.29 is 14.3 Å². The molecule has 4 heterocycles. The fourth-order valence-corrected chi connectivity index (χ4v) is 8.73. The Labute approximate surface area is 257 Å². The summed E-state index contributed by atoms with van der Waals surface area (Å²) >= 11 is 8.17. The molecule has 2 atom stereocenters. The van der Waals surface area contributed by atoms with Crippen molar-refractivity contribution in [1.82, 2.24) is 20.1 Å². The highest BCUT2D eigenvalue weighted by Crippen LogP contribution is 2.52. The molecule has 1 amide bonds. The molecule has 3 aliphatic heterocycles. The fraction of sp³-hybridized carbons (Fsp3) is 0.625. The van der Waals surface area contributed by atoms with Crippen LogP contribution in [0.2, 0.25) is 5.02 Å². The van der Waals surface area contributed by atoms with E-state index in [4.69, 9.17) is 21.1 Å². The van der Waals surface area contributed by atoms with Crippen LogP contribution in [0.1, 0.15) is 72.6 Å². The lowest BCUT2D eigenvalue weighted by Gasteiger charge is -2.40. The molecular weight excluding hydrogens is 572 g/mol. The van der Waals surface area contributed by atoms with E-state index in [1.165, 1.54) is 50.8 Å². The van der Waals surface area contributed by atoms with E-state index in [-0.39, 0.29) is 23.9 Å². The first-order valence-corrected chi connectivity index (χ1v) is 16.8. The van der Waals surface area contributed by atoms with E-state index in [1.54, 1.807) is 6.07 Å². The monoisotopic (exact) mass is 614 g/mol. The van der Waals surface area contributed by atoms with Gasteiger partial charge in [-0.3, -0.25) is 14.5 Å². The number of aromatic amines is 1. The third kappa shape index (κ3) is 5.46. The molecule has 2 aromatic rings. The van der Waals surface area contributed by atoms with Gasteiger partial charge in [0.1, 0.15) is 0 Å². The van der Waals surface area contributed by atoms with Gasteiger partial charge in [0.2, 0.25) is 0 Å². The highest BCUT2D eigenvalue weighted by molar-refractivity contribution is 7.98. The lowest BCUT2D eigenvalue weighted by atomic mass is 9.80. The summed E-state index contributed by atoms with van der Waals surface area (Å²) in [5.74, 6) is 0.170. The molecule has 10 heteroatoms. The van der Waals surface area contributed by atoms with Gasteiger partial charge in [-0.2, -0.15) is 0 Å². The van der Waals surface area contributed by atoms with E-state index in [9.17, 15) is 9.59 Å². The quantitative estimate of drug-likeness (QED) is 0.423. The molecule has 1 saturated carbocycles. The van der Waals surface area contributed by atoms with Gasteiger partial charge in [-0.25, -0.2) is 0 Å². The van der Waals surface area contributed by atoms with Gasteiger partial charge in [0, 0.05) is 65.8 Å². The number of amides is 1. The molecule has 0 radical (unpaired) electrons. The zero-order valence-corrected chi connectivity index (χ0v) is 27.0. The largest absolute Gasteiger partial charge is 0.448 e. The van der Waals surface area contributed by atoms with Gasteiger partial charge in [-0.15, -0.1) is 11.8 Å². The smallest absolute Gasteiger partial charge is 0.254 e. The third-order valence-electron chi connectivity index (χ3n) is 10.2. The molecule has 1 aromatic heterocycles. The number of hydrogen-bond acceptors (Lipinski definition) is 7. The number of benzene rings is 1. The first kappa shape index (κ1) is 29.9. The number of aryl methyl sites for hydroxylation is 1. The average Bonchev–Trinajstić information content (AvgIpc) is 3.67. The minimum Gasteiger partial charge on any atom is -0.448 e. The van der Waals surface area contributed by atoms with Crippen LogP contribution in [0.5, 0.6) is 11.5 Å². The van der Waals surface area contributed by atoms with Gasteiger partial charge in [-0.1, -0.05) is 11.6 Å². The Hall–Kier alpha value is -2.20. The molecule has 4 aliphatic rings. The summed E-state index contributed by atoms with van der Waals surface area (Å²) in [5.41, 5.74) is 2.74. The normalized spacial score (nSPS) is 29.5. The van der Waals surface area contributed by atoms with E-state index in [2.05, 4.69) is 27.1 Å². The highest BCUT2D eigenvalue weighted by atomic mass is 35.5. The number of likely N-dealkylation sites (tertiary alicyclic amines) is 2. The topological polar surface area (TPSA) is 86.9 Å². The SMILES string of the molecule is CSc1cc(C)[nH]c(=O)c1CNC(=O)c1cc(Cl)c2c(c1C)OC(C)(C1CCC(N3CCC4(CCN(C)C4)C3)CC1)O2. The van der Waals surface area contributed by atoms with Crippen LogP contribution >= 0.6 is 23.4 Å². The number of fused-ring (bicyclic) bond motifs is 1. The van der Waals surface area contributed by atoms with E-state index in [0.29, 0.717) is 44.7 Å². The van der Waals surface area contributed by atoms with Crippen molar-refractivity contribution in [3.05, 3.63) is 49.9 Å². The van der Waals surface area contributed by atoms with Crippen molar-refractivity contribution in [3.8, 4) is 11.5 Å². The summed E-state index contributed by atoms with van der Waals surface area (Å²) in [5, 5.41) is 3.27. The lowest BCUT2D eigenvalue weighted by molar-refractivity contribution is -0.124. The number of rotatable bonds is 6. The minimum absolute atomic E-state index is 0.117. The number of ether oxygens (including phenoxy) is 2. The van der Waals surface area contributed by atoms with Crippen molar-refractivity contribution in [2.24, 2.45) is 11.3 Å². The molecule has 42 heavy (non-hydrogen) atoms. The zero-order chi connectivity index (χ0) is 29.8. The second kappa shape index (κ2) is 11.4. The number of H-pyrrole nitrogens is 1. The molecule has 2 unspecified atom stereocenters. The number of pyridine rings is 1. The fourth-order valence-electron chi connectivity index (χ4n) is 7.79. The molecule has 0 bridgehead atoms. The molecular formula is C32H43ClN4O4S. The van der Waals surface area contributed by atoms with Crippen LogP contribution in [0.4, 0.5) is 0 Å². The first-order chi connectivity index (χ1) is 20.0. The number of nitrogens with zero attached hydrogens (tertiary/aromatic N) is 2. The van der Waals surface area contributed by atoms with Crippen molar-refractivity contribution in [2.75, 3.05) is 39.5 Å². The van der Waals surface area contributed by atoms with E-state index < -0.39 is 5.79 Å². The second-order valence-corrected chi connectivity index (χ2v) is 14.4. The minimum atomic E-state index is -0.820. The molecule has 1 aromatic carbocycles. The van der Waals surface area contributed by atoms with Crippen LogP contribution in [0.3, 0.4) is 0 Å². The summed E-state index contributed by atoms with van der Waals surface area (Å²) in [7, 11) is 2.25. The maximum atomic E-state index is 13.3. The van der Waals surface area contributed by atoms with Crippen LogP contribution in [0, 0.1) is 25.2 Å². The first-order valence-electron chi connectivity index (χ1n) is 15.2. The van der Waals surface area contributed by atoms with E-state index in [0.717, 1.165) is 36.3 Å². The number of hydrogen-bond donors (Lipinski definition) is 2. The summed E-state index contributed by atoms with van der Waals surface area (Å²) in [6.45, 7) is 10.8. The Bertz CT molecular complexity index is 1440. The Morgan fingerprint density at radius 2 is 1.83 bits per heavy atom.